The van der Waals surface area contributed by atoms with Gasteiger partial charge in [-0.3, -0.25) is 0 Å². The van der Waals surface area contributed by atoms with Gasteiger partial charge in [-0.25, -0.2) is 0 Å². The Morgan fingerprint density at radius 3 is 3.00 bits per heavy atom. The topological polar surface area (TPSA) is 38.0 Å². The summed E-state index contributed by atoms with van der Waals surface area (Å²) >= 11 is 0. The fourth-order valence-electron chi connectivity index (χ4n) is 0.649. The van der Waals surface area contributed by atoms with Crippen LogP contribution in [0, 0.1) is 0 Å². The summed E-state index contributed by atoms with van der Waals surface area (Å²) in [4.78, 5) is 0. The van der Waals surface area contributed by atoms with E-state index >= 15 is 0 Å². The molecule has 3 N–H and O–H groups in total. The van der Waals surface area contributed by atoms with Crippen LogP contribution in [0.4, 0.5) is 0 Å². The van der Waals surface area contributed by atoms with Crippen molar-refractivity contribution in [2.24, 2.45) is 5.73 Å². The van der Waals surface area contributed by atoms with Gasteiger partial charge in [0.2, 0.25) is 0 Å². The standard InChI is InChI=1S/C4H10N2/c5-4-2-1-3-6-4/h4,6H,1-3,5H2/i/hD. The van der Waals surface area contributed by atoms with Gasteiger partial charge in [0.15, 0.2) is 0 Å². The Balaban J connectivity index is 2.33. The second-order valence-corrected chi connectivity index (χ2v) is 1.62. The fourth-order valence-corrected chi connectivity index (χ4v) is 0.649. The van der Waals surface area contributed by atoms with Gasteiger partial charge in [0, 0.05) is 0 Å². The second-order valence-electron chi connectivity index (χ2n) is 1.62. The minimum atomic E-state index is 0.0139. The Labute approximate surface area is 39.2 Å². The smallest absolute Gasteiger partial charge is 0.124 e. The van der Waals surface area contributed by atoms with Gasteiger partial charge in [0.25, 0.3) is 0 Å². The Morgan fingerprint density at radius 2 is 2.83 bits per heavy atom. The summed E-state index contributed by atoms with van der Waals surface area (Å²) in [6.45, 7) is 0.848. The summed E-state index contributed by atoms with van der Waals surface area (Å²) in [5.74, 6) is 0. The Hall–Kier alpha value is -0.0800. The summed E-state index contributed by atoms with van der Waals surface area (Å²) in [6.07, 6.45) is 2.09. The highest BCUT2D eigenvalue weighted by atomic mass is 15.0. The van der Waals surface area contributed by atoms with Crippen LogP contribution in [0.5, 0.6) is 0 Å². The molecule has 0 radical (unpaired) electrons. The molecule has 0 aliphatic carbocycles. The first-order chi connectivity index (χ1) is 3.30. The number of nitrogens with one attached hydrogen (secondary N) is 1. The van der Waals surface area contributed by atoms with Gasteiger partial charge in [-0.15, -0.1) is 0 Å². The Kier molecular flexibility index (Phi) is 0.787. The molecule has 0 aromatic carbocycles. The molecule has 2 heteroatoms. The van der Waals surface area contributed by atoms with E-state index in [1.165, 1.54) is 5.31 Å². The molecular weight excluding hydrogens is 76.1 g/mol. The molecule has 0 aromatic heterocycles. The molecule has 1 saturated heterocycles. The van der Waals surface area contributed by atoms with Crippen LogP contribution in [-0.4, -0.2) is 12.7 Å². The quantitative estimate of drug-likeness (QED) is 0.424. The van der Waals surface area contributed by atoms with Crippen molar-refractivity contribution >= 4 is 0 Å². The highest BCUT2D eigenvalue weighted by molar-refractivity contribution is 4.66. The van der Waals surface area contributed by atoms with Crippen molar-refractivity contribution in [3.63, 3.8) is 0 Å². The fraction of sp³-hybridized carbons (Fsp3) is 1.00. The molecule has 1 aliphatic heterocycles. The van der Waals surface area contributed by atoms with Crippen molar-refractivity contribution in [3.8, 4) is 0 Å². The lowest BCUT2D eigenvalue weighted by atomic mass is 10.3. The lowest BCUT2D eigenvalue weighted by molar-refractivity contribution is 0.634. The third kappa shape index (κ3) is 0.698. The normalized spacial score (nSPS) is 40.2. The molecule has 6 heavy (non-hydrogen) atoms. The number of nitrogens with two attached hydrogens (primary N) is 1. The van der Waals surface area contributed by atoms with Gasteiger partial charge in [-0.05, 0) is 19.4 Å². The molecule has 1 unspecified atom stereocenters. The molecule has 0 bridgehead atoms. The molecular formula is C4H10N2. The van der Waals surface area contributed by atoms with Crippen LogP contribution in [0.3, 0.4) is 0 Å². The molecule has 0 spiro atoms. The Bertz CT molecular complexity index is 58.7. The molecule has 1 heterocycles. The lowest BCUT2D eigenvalue weighted by Crippen LogP contribution is -2.30. The Morgan fingerprint density at radius 1 is 2.00 bits per heavy atom. The number of rotatable bonds is 0. The van der Waals surface area contributed by atoms with Gasteiger partial charge in [0.05, 0.1) is 6.17 Å². The monoisotopic (exact) mass is 87.1 g/mol. The van der Waals surface area contributed by atoms with E-state index in [2.05, 4.69) is 0 Å². The average molecular weight is 87.1 g/mol. The van der Waals surface area contributed by atoms with Gasteiger partial charge < -0.3 is 11.0 Å². The predicted octanol–water partition coefficient (Wildman–Crippen LogP) is -0.345. The third-order valence-corrected chi connectivity index (χ3v) is 1.02. The van der Waals surface area contributed by atoms with E-state index in [0.717, 1.165) is 19.4 Å². The zero-order chi connectivity index (χ0) is 5.28. The zero-order valence-electron chi connectivity index (χ0n) is 4.72. The second kappa shape index (κ2) is 1.58. The lowest BCUT2D eigenvalue weighted by Gasteiger charge is -1.95. The van der Waals surface area contributed by atoms with Gasteiger partial charge in [-0.1, -0.05) is 0 Å². The summed E-state index contributed by atoms with van der Waals surface area (Å²) in [7, 11) is 0. The summed E-state index contributed by atoms with van der Waals surface area (Å²) in [5, 5.41) is 1.43. The van der Waals surface area contributed by atoms with Crippen molar-refractivity contribution in [3.05, 3.63) is 0 Å². The maximum Gasteiger partial charge on any atom is 0.124 e. The predicted molar refractivity (Wildman–Crippen MR) is 25.2 cm³/mol. The number of hydrogen-bond acceptors (Lipinski definition) is 2. The maximum atomic E-state index is 7.05. The van der Waals surface area contributed by atoms with Crippen LogP contribution in [-0.2, 0) is 0 Å². The van der Waals surface area contributed by atoms with E-state index in [9.17, 15) is 0 Å². The summed E-state index contributed by atoms with van der Waals surface area (Å²) in [6, 6.07) is 0. The molecule has 0 saturated carbocycles. The first kappa shape index (κ1) is 2.99. The number of hydrogen-bond donors (Lipinski definition) is 2. The molecule has 36 valence electrons. The SMILES string of the molecule is [2H]N1CCCC1N. The maximum absolute atomic E-state index is 7.05. The van der Waals surface area contributed by atoms with E-state index in [0.29, 0.717) is 0 Å². The van der Waals surface area contributed by atoms with E-state index in [4.69, 9.17) is 7.15 Å². The van der Waals surface area contributed by atoms with Crippen LogP contribution in [0.1, 0.15) is 12.8 Å². The zero-order valence-corrected chi connectivity index (χ0v) is 3.72. The van der Waals surface area contributed by atoms with Gasteiger partial charge in [-0.2, -0.15) is 0 Å². The van der Waals surface area contributed by atoms with Gasteiger partial charge >= 0.3 is 0 Å². The molecule has 1 rings (SSSR count). The van der Waals surface area contributed by atoms with Crippen molar-refractivity contribution in [1.82, 2.24) is 5.31 Å². The van der Waals surface area contributed by atoms with Crippen LogP contribution < -0.4 is 11.0 Å². The highest BCUT2D eigenvalue weighted by Gasteiger charge is 2.05. The first-order valence-corrected chi connectivity index (χ1v) is 2.32. The summed E-state index contributed by atoms with van der Waals surface area (Å²) in [5.41, 5.74) is 5.42. The van der Waals surface area contributed by atoms with Crippen LogP contribution in [0.25, 0.3) is 0 Å². The highest BCUT2D eigenvalue weighted by Crippen LogP contribution is 1.96. The van der Waals surface area contributed by atoms with E-state index in [-0.39, 0.29) is 6.17 Å². The molecule has 0 aromatic rings. The van der Waals surface area contributed by atoms with E-state index < -0.39 is 0 Å². The first-order valence-electron chi connectivity index (χ1n) is 2.76. The third-order valence-electron chi connectivity index (χ3n) is 1.02. The minimum Gasteiger partial charge on any atom is -0.316 e. The summed E-state index contributed by atoms with van der Waals surface area (Å²) < 4.78 is 7.05. The largest absolute Gasteiger partial charge is 0.316 e. The molecule has 1 aliphatic rings. The van der Waals surface area contributed by atoms with Crippen molar-refractivity contribution in [2.45, 2.75) is 19.0 Å². The van der Waals surface area contributed by atoms with Crippen molar-refractivity contribution in [2.75, 3.05) is 6.54 Å². The van der Waals surface area contributed by atoms with E-state index in [1.807, 2.05) is 0 Å². The van der Waals surface area contributed by atoms with Crippen LogP contribution in [0.15, 0.2) is 0 Å². The average Bonchev–Trinajstić information content (AvgIpc) is 1.91. The molecule has 1 atom stereocenters. The molecule has 1 fully saturated rings. The molecule has 0 amide bonds. The van der Waals surface area contributed by atoms with E-state index in [1.54, 1.807) is 0 Å². The van der Waals surface area contributed by atoms with Crippen molar-refractivity contribution in [1.29, 1.82) is 0 Å². The van der Waals surface area contributed by atoms with Gasteiger partial charge in [0.1, 0.15) is 1.41 Å². The van der Waals surface area contributed by atoms with Crippen LogP contribution in [0.2, 0.25) is 1.41 Å². The molecule has 2 nitrogen and oxygen atoms in total. The minimum absolute atomic E-state index is 0.0139. The van der Waals surface area contributed by atoms with Crippen LogP contribution >= 0.6 is 0 Å². The van der Waals surface area contributed by atoms with Crippen molar-refractivity contribution < 1.29 is 1.41 Å².